The lowest BCUT2D eigenvalue weighted by Crippen LogP contribution is -2.39. The number of nitrogens with two attached hydrogens (primary N) is 1. The van der Waals surface area contributed by atoms with Gasteiger partial charge in [0.2, 0.25) is 0 Å². The summed E-state index contributed by atoms with van der Waals surface area (Å²) in [7, 11) is -1.95. The molecule has 4 nitrogen and oxygen atoms in total. The molecule has 0 radical (unpaired) electrons. The molecule has 0 fully saturated rings. The van der Waals surface area contributed by atoms with Crippen LogP contribution in [-0.2, 0) is 10.0 Å². The molecule has 0 bridgehead atoms. The third-order valence-electron chi connectivity index (χ3n) is 3.05. The summed E-state index contributed by atoms with van der Waals surface area (Å²) in [4.78, 5) is 0. The lowest BCUT2D eigenvalue weighted by atomic mass is 10.3. The second kappa shape index (κ2) is 5.38. The van der Waals surface area contributed by atoms with E-state index in [4.69, 9.17) is 17.3 Å². The van der Waals surface area contributed by atoms with E-state index in [1.165, 1.54) is 15.6 Å². The first-order valence-corrected chi connectivity index (χ1v) is 8.37. The summed E-state index contributed by atoms with van der Waals surface area (Å²) in [6.45, 7) is 2.06. The first kappa shape index (κ1) is 14.7. The fourth-order valence-corrected chi connectivity index (χ4v) is 4.76. The maximum atomic E-state index is 12.4. The molecule has 2 rings (SSSR count). The first-order chi connectivity index (χ1) is 8.86. The molecule has 2 aromatic rings. The van der Waals surface area contributed by atoms with Gasteiger partial charge in [-0.25, -0.2) is 8.42 Å². The topological polar surface area (TPSA) is 63.4 Å². The van der Waals surface area contributed by atoms with Gasteiger partial charge >= 0.3 is 0 Å². The Morgan fingerprint density at radius 3 is 2.74 bits per heavy atom. The van der Waals surface area contributed by atoms with Crippen molar-refractivity contribution in [3.63, 3.8) is 0 Å². The highest BCUT2D eigenvalue weighted by Crippen LogP contribution is 2.32. The Labute approximate surface area is 121 Å². The molecule has 0 saturated heterocycles. The lowest BCUT2D eigenvalue weighted by molar-refractivity contribution is 0.395. The molecule has 0 aliphatic carbocycles. The van der Waals surface area contributed by atoms with E-state index < -0.39 is 10.0 Å². The zero-order chi connectivity index (χ0) is 14.2. The monoisotopic (exact) mass is 318 g/mol. The Balaban J connectivity index is 2.49. The van der Waals surface area contributed by atoms with Gasteiger partial charge in [-0.1, -0.05) is 11.6 Å². The summed E-state index contributed by atoms with van der Waals surface area (Å²) in [5.74, 6) is 0. The van der Waals surface area contributed by atoms with Crippen molar-refractivity contribution < 1.29 is 8.42 Å². The first-order valence-electron chi connectivity index (χ1n) is 5.73. The summed E-state index contributed by atoms with van der Waals surface area (Å²) in [6, 6.07) is 6.76. The van der Waals surface area contributed by atoms with Gasteiger partial charge in [0.15, 0.2) is 0 Å². The molecule has 1 atom stereocenters. The number of rotatable bonds is 4. The quantitative estimate of drug-likeness (QED) is 0.942. The highest BCUT2D eigenvalue weighted by Gasteiger charge is 2.26. The van der Waals surface area contributed by atoms with E-state index in [0.29, 0.717) is 9.23 Å². The van der Waals surface area contributed by atoms with E-state index in [2.05, 4.69) is 0 Å². The molecule has 0 aliphatic heterocycles. The van der Waals surface area contributed by atoms with Gasteiger partial charge in [-0.2, -0.15) is 4.31 Å². The van der Waals surface area contributed by atoms with Crippen molar-refractivity contribution in [2.75, 3.05) is 13.6 Å². The van der Waals surface area contributed by atoms with Gasteiger partial charge in [0.1, 0.15) is 4.21 Å². The zero-order valence-electron chi connectivity index (χ0n) is 10.6. The van der Waals surface area contributed by atoms with E-state index in [0.717, 1.165) is 10.1 Å². The molecule has 0 aliphatic rings. The molecule has 1 aromatic heterocycles. The molecule has 1 heterocycles. The summed E-state index contributed by atoms with van der Waals surface area (Å²) in [6.07, 6.45) is 0. The average molecular weight is 319 g/mol. The Morgan fingerprint density at radius 1 is 1.42 bits per heavy atom. The van der Waals surface area contributed by atoms with Crippen molar-refractivity contribution in [1.29, 1.82) is 0 Å². The fourth-order valence-electron chi connectivity index (χ4n) is 1.64. The zero-order valence-corrected chi connectivity index (χ0v) is 13.0. The van der Waals surface area contributed by atoms with Crippen LogP contribution < -0.4 is 5.73 Å². The van der Waals surface area contributed by atoms with Crippen molar-refractivity contribution in [2.24, 2.45) is 5.73 Å². The molecule has 0 spiro atoms. The van der Waals surface area contributed by atoms with E-state index in [1.807, 2.05) is 6.07 Å². The largest absolute Gasteiger partial charge is 0.329 e. The molecule has 0 amide bonds. The fraction of sp³-hybridized carbons (Fsp3) is 0.333. The molecule has 7 heteroatoms. The standard InChI is InChI=1S/C12H15ClN2O2S2/c1-8(7-14)15(2)19(16,17)12-6-9-5-10(13)3-4-11(9)18-12/h3-6,8H,7,14H2,1-2H3. The number of likely N-dealkylation sites (N-methyl/N-ethyl adjacent to an activating group) is 1. The number of sulfonamides is 1. The molecule has 1 unspecified atom stereocenters. The van der Waals surface area contributed by atoms with Crippen molar-refractivity contribution in [2.45, 2.75) is 17.2 Å². The number of benzene rings is 1. The van der Waals surface area contributed by atoms with Crippen LogP contribution in [0.3, 0.4) is 0 Å². The van der Waals surface area contributed by atoms with Crippen molar-refractivity contribution in [3.8, 4) is 0 Å². The third-order valence-corrected chi connectivity index (χ3v) is 6.82. The van der Waals surface area contributed by atoms with Crippen LogP contribution >= 0.6 is 22.9 Å². The van der Waals surface area contributed by atoms with Crippen LogP contribution in [0.25, 0.3) is 10.1 Å². The van der Waals surface area contributed by atoms with Gasteiger partial charge in [0.05, 0.1) is 0 Å². The number of halogens is 1. The van der Waals surface area contributed by atoms with Gasteiger partial charge in [-0.3, -0.25) is 0 Å². The molecule has 1 aromatic carbocycles. The summed E-state index contributed by atoms with van der Waals surface area (Å²) >= 11 is 7.15. The third kappa shape index (κ3) is 2.78. The summed E-state index contributed by atoms with van der Waals surface area (Å²) in [5.41, 5.74) is 5.52. The minimum Gasteiger partial charge on any atom is -0.329 e. The van der Waals surface area contributed by atoms with E-state index in [-0.39, 0.29) is 12.6 Å². The molecule has 0 saturated carbocycles. The predicted octanol–water partition coefficient (Wildman–Crippen LogP) is 2.52. The number of hydrogen-bond donors (Lipinski definition) is 1. The Bertz CT molecular complexity index is 697. The molecule has 2 N–H and O–H groups in total. The predicted molar refractivity (Wildman–Crippen MR) is 80.3 cm³/mol. The molecular formula is C12H15ClN2O2S2. The molecule has 19 heavy (non-hydrogen) atoms. The summed E-state index contributed by atoms with van der Waals surface area (Å²) < 4.78 is 27.4. The van der Waals surface area contributed by atoms with Gasteiger partial charge in [0.25, 0.3) is 10.0 Å². The number of fused-ring (bicyclic) bond motifs is 1. The van der Waals surface area contributed by atoms with Crippen LogP contribution in [0.1, 0.15) is 6.92 Å². The molecule has 104 valence electrons. The van der Waals surface area contributed by atoms with E-state index in [1.54, 1.807) is 32.2 Å². The van der Waals surface area contributed by atoms with Crippen LogP contribution in [0.15, 0.2) is 28.5 Å². The maximum Gasteiger partial charge on any atom is 0.252 e. The second-order valence-corrected chi connectivity index (χ2v) is 8.10. The summed E-state index contributed by atoms with van der Waals surface area (Å²) in [5, 5.41) is 1.43. The van der Waals surface area contributed by atoms with Crippen molar-refractivity contribution in [3.05, 3.63) is 29.3 Å². The average Bonchev–Trinajstić information content (AvgIpc) is 2.80. The van der Waals surface area contributed by atoms with Crippen LogP contribution in [0, 0.1) is 0 Å². The number of hydrogen-bond acceptors (Lipinski definition) is 4. The normalized spacial score (nSPS) is 14.2. The van der Waals surface area contributed by atoms with E-state index in [9.17, 15) is 8.42 Å². The van der Waals surface area contributed by atoms with Crippen LogP contribution in [0.4, 0.5) is 0 Å². The Hall–Kier alpha value is -0.660. The SMILES string of the molecule is CC(CN)N(C)S(=O)(=O)c1cc2cc(Cl)ccc2s1. The van der Waals surface area contributed by atoms with Crippen LogP contribution in [0.2, 0.25) is 5.02 Å². The van der Waals surface area contributed by atoms with Gasteiger partial charge in [-0.05, 0) is 36.6 Å². The number of nitrogens with zero attached hydrogens (tertiary/aromatic N) is 1. The highest BCUT2D eigenvalue weighted by atomic mass is 35.5. The van der Waals surface area contributed by atoms with Crippen molar-refractivity contribution in [1.82, 2.24) is 4.31 Å². The highest BCUT2D eigenvalue weighted by molar-refractivity contribution is 7.91. The maximum absolute atomic E-state index is 12.4. The van der Waals surface area contributed by atoms with Gasteiger partial charge < -0.3 is 5.73 Å². The minimum absolute atomic E-state index is 0.237. The number of thiophene rings is 1. The van der Waals surface area contributed by atoms with Gasteiger partial charge in [0, 0.05) is 29.4 Å². The van der Waals surface area contributed by atoms with Crippen LogP contribution in [-0.4, -0.2) is 32.4 Å². The van der Waals surface area contributed by atoms with Crippen molar-refractivity contribution >= 4 is 43.0 Å². The second-order valence-electron chi connectivity index (χ2n) is 4.35. The Kier molecular flexibility index (Phi) is 4.17. The lowest BCUT2D eigenvalue weighted by Gasteiger charge is -2.21. The Morgan fingerprint density at radius 2 is 2.11 bits per heavy atom. The van der Waals surface area contributed by atoms with E-state index >= 15 is 0 Å². The minimum atomic E-state index is -3.50. The van der Waals surface area contributed by atoms with Crippen LogP contribution in [0.5, 0.6) is 0 Å². The molecular weight excluding hydrogens is 304 g/mol. The smallest absolute Gasteiger partial charge is 0.252 e. The van der Waals surface area contributed by atoms with Gasteiger partial charge in [-0.15, -0.1) is 11.3 Å².